The van der Waals surface area contributed by atoms with E-state index < -0.39 is 0 Å². The van der Waals surface area contributed by atoms with Crippen molar-refractivity contribution in [2.24, 2.45) is 5.41 Å². The molecule has 0 amide bonds. The molecule has 0 unspecified atom stereocenters. The highest BCUT2D eigenvalue weighted by atomic mass is 35.5. The Bertz CT molecular complexity index is 1290. The quantitative estimate of drug-likeness (QED) is 0.521. The standard InChI is InChI=1S/C27H29ClFN5O/c1-17-3-2-4-23(25(17)29)33-15-27(16-33)10-19(11-27)26-31-30-24-13-32(21-7-8-35-14-21)12-18-9-20(28)5-6-22(18)34(24)26/h2-6,9,19,21H,7-8,10-16H2,1H3/t21-/m1/s1. The number of nitrogens with zero attached hydrogens (tertiary/aromatic N) is 5. The number of benzene rings is 2. The molecule has 3 aliphatic heterocycles. The maximum atomic E-state index is 14.6. The van der Waals surface area contributed by atoms with E-state index in [2.05, 4.69) is 31.6 Å². The fourth-order valence-electron chi connectivity index (χ4n) is 6.62. The first-order valence-corrected chi connectivity index (χ1v) is 12.9. The Balaban J connectivity index is 1.14. The van der Waals surface area contributed by atoms with Crippen LogP contribution in [0.1, 0.15) is 48.0 Å². The van der Waals surface area contributed by atoms with Gasteiger partial charge >= 0.3 is 0 Å². The highest BCUT2D eigenvalue weighted by molar-refractivity contribution is 6.30. The molecule has 2 saturated heterocycles. The van der Waals surface area contributed by atoms with Gasteiger partial charge in [0.15, 0.2) is 5.82 Å². The Morgan fingerprint density at radius 1 is 1.09 bits per heavy atom. The van der Waals surface area contributed by atoms with Crippen molar-refractivity contribution in [3.8, 4) is 5.69 Å². The Morgan fingerprint density at radius 2 is 1.94 bits per heavy atom. The fraction of sp³-hybridized carbons (Fsp3) is 0.481. The summed E-state index contributed by atoms with van der Waals surface area (Å²) in [5, 5.41) is 10.1. The third-order valence-electron chi connectivity index (χ3n) is 8.47. The molecular formula is C27H29ClFN5O. The van der Waals surface area contributed by atoms with Gasteiger partial charge in [-0.25, -0.2) is 4.39 Å². The molecule has 8 heteroatoms. The van der Waals surface area contributed by atoms with Gasteiger partial charge in [-0.1, -0.05) is 23.7 Å². The molecule has 0 N–H and O–H groups in total. The third-order valence-corrected chi connectivity index (χ3v) is 8.70. The van der Waals surface area contributed by atoms with Crippen LogP contribution in [0, 0.1) is 18.2 Å². The normalized spacial score (nSPS) is 23.5. The first-order valence-electron chi connectivity index (χ1n) is 12.5. The lowest BCUT2D eigenvalue weighted by Crippen LogP contribution is -2.62. The first-order chi connectivity index (χ1) is 17.0. The molecule has 6 nitrogen and oxygen atoms in total. The van der Waals surface area contributed by atoms with Crippen LogP contribution in [0.3, 0.4) is 0 Å². The highest BCUT2D eigenvalue weighted by Crippen LogP contribution is 2.57. The molecule has 35 heavy (non-hydrogen) atoms. The van der Waals surface area contributed by atoms with Gasteiger partial charge in [0.25, 0.3) is 0 Å². The van der Waals surface area contributed by atoms with Crippen molar-refractivity contribution in [2.45, 2.75) is 51.2 Å². The number of hydrogen-bond acceptors (Lipinski definition) is 5. The van der Waals surface area contributed by atoms with Crippen LogP contribution in [0.5, 0.6) is 0 Å². The largest absolute Gasteiger partial charge is 0.380 e. The molecule has 1 spiro atoms. The van der Waals surface area contributed by atoms with Gasteiger partial charge in [0.2, 0.25) is 0 Å². The maximum absolute atomic E-state index is 14.6. The lowest BCUT2D eigenvalue weighted by atomic mass is 9.57. The number of hydrogen-bond donors (Lipinski definition) is 0. The molecule has 1 atom stereocenters. The van der Waals surface area contributed by atoms with Crippen molar-refractivity contribution in [2.75, 3.05) is 31.2 Å². The third kappa shape index (κ3) is 3.51. The van der Waals surface area contributed by atoms with Crippen molar-refractivity contribution in [3.63, 3.8) is 0 Å². The SMILES string of the molecule is Cc1cccc(N2CC3(CC(c4nnc5n4-c4ccc(Cl)cc4CN([C@@H]4CCOC4)C5)C3)C2)c1F. The van der Waals surface area contributed by atoms with Crippen LogP contribution < -0.4 is 4.90 Å². The molecule has 1 saturated carbocycles. The molecule has 3 aromatic rings. The van der Waals surface area contributed by atoms with Gasteiger partial charge in [0, 0.05) is 48.6 Å². The number of aryl methyl sites for hydroxylation is 1. The van der Waals surface area contributed by atoms with Crippen molar-refractivity contribution >= 4 is 17.3 Å². The van der Waals surface area contributed by atoms with E-state index in [0.717, 1.165) is 86.7 Å². The second kappa shape index (κ2) is 8.02. The summed E-state index contributed by atoms with van der Waals surface area (Å²) in [5.74, 6) is 2.32. The lowest BCUT2D eigenvalue weighted by molar-refractivity contribution is 0.0582. The van der Waals surface area contributed by atoms with E-state index in [4.69, 9.17) is 21.4 Å². The fourth-order valence-corrected chi connectivity index (χ4v) is 6.81. The zero-order valence-electron chi connectivity index (χ0n) is 19.9. The molecule has 2 aromatic carbocycles. The number of fused-ring (bicyclic) bond motifs is 3. The van der Waals surface area contributed by atoms with E-state index in [0.29, 0.717) is 17.5 Å². The number of rotatable bonds is 3. The van der Waals surface area contributed by atoms with Crippen molar-refractivity contribution in [1.82, 2.24) is 19.7 Å². The summed E-state index contributed by atoms with van der Waals surface area (Å²) in [5.41, 5.74) is 4.05. The summed E-state index contributed by atoms with van der Waals surface area (Å²) in [6.07, 6.45) is 3.18. The molecular weight excluding hydrogens is 465 g/mol. The topological polar surface area (TPSA) is 46.4 Å². The molecule has 0 bridgehead atoms. The van der Waals surface area contributed by atoms with Gasteiger partial charge in [-0.15, -0.1) is 10.2 Å². The van der Waals surface area contributed by atoms with E-state index in [-0.39, 0.29) is 11.2 Å². The molecule has 4 heterocycles. The summed E-state index contributed by atoms with van der Waals surface area (Å²) in [6, 6.07) is 12.2. The average molecular weight is 494 g/mol. The van der Waals surface area contributed by atoms with Gasteiger partial charge < -0.3 is 9.64 Å². The van der Waals surface area contributed by atoms with Crippen molar-refractivity contribution in [1.29, 1.82) is 0 Å². The molecule has 182 valence electrons. The predicted molar refractivity (Wildman–Crippen MR) is 133 cm³/mol. The summed E-state index contributed by atoms with van der Waals surface area (Å²) in [7, 11) is 0. The Hall–Kier alpha value is -2.48. The van der Waals surface area contributed by atoms with Crippen molar-refractivity contribution < 1.29 is 9.13 Å². The van der Waals surface area contributed by atoms with Crippen LogP contribution in [-0.2, 0) is 17.8 Å². The molecule has 4 aliphatic rings. The lowest BCUT2D eigenvalue weighted by Gasteiger charge is -2.59. The summed E-state index contributed by atoms with van der Waals surface area (Å²) < 4.78 is 22.6. The first kappa shape index (κ1) is 21.8. The van der Waals surface area contributed by atoms with Gasteiger partial charge in [0.05, 0.1) is 24.5 Å². The summed E-state index contributed by atoms with van der Waals surface area (Å²) >= 11 is 6.41. The molecule has 3 fully saturated rings. The van der Waals surface area contributed by atoms with Crippen molar-refractivity contribution in [3.05, 3.63) is 70.0 Å². The van der Waals surface area contributed by atoms with E-state index in [1.807, 2.05) is 31.2 Å². The van der Waals surface area contributed by atoms with E-state index in [1.165, 1.54) is 5.56 Å². The van der Waals surface area contributed by atoms with Gasteiger partial charge in [0.1, 0.15) is 11.6 Å². The van der Waals surface area contributed by atoms with Crippen LogP contribution >= 0.6 is 11.6 Å². The molecule has 0 radical (unpaired) electrons. The van der Waals surface area contributed by atoms with Gasteiger partial charge in [-0.3, -0.25) is 9.47 Å². The average Bonchev–Trinajstić information content (AvgIpc) is 3.42. The number of aromatic nitrogens is 3. The van der Waals surface area contributed by atoms with Crippen LogP contribution in [0.4, 0.5) is 10.1 Å². The minimum absolute atomic E-state index is 0.0894. The van der Waals surface area contributed by atoms with Gasteiger partial charge in [-0.05, 0) is 61.6 Å². The highest BCUT2D eigenvalue weighted by Gasteiger charge is 2.54. The number of ether oxygens (including phenoxy) is 1. The summed E-state index contributed by atoms with van der Waals surface area (Å²) in [4.78, 5) is 4.64. The second-order valence-electron chi connectivity index (χ2n) is 10.9. The zero-order valence-corrected chi connectivity index (χ0v) is 20.6. The Morgan fingerprint density at radius 3 is 2.74 bits per heavy atom. The summed E-state index contributed by atoms with van der Waals surface area (Å²) in [6.45, 7) is 6.81. The minimum Gasteiger partial charge on any atom is -0.380 e. The molecule has 7 rings (SSSR count). The molecule has 1 aromatic heterocycles. The number of halogens is 2. The van der Waals surface area contributed by atoms with Crippen LogP contribution in [0.25, 0.3) is 5.69 Å². The monoisotopic (exact) mass is 493 g/mol. The zero-order chi connectivity index (χ0) is 23.7. The van der Waals surface area contributed by atoms with E-state index in [1.54, 1.807) is 0 Å². The predicted octanol–water partition coefficient (Wildman–Crippen LogP) is 4.86. The van der Waals surface area contributed by atoms with Crippen LogP contribution in [0.2, 0.25) is 5.02 Å². The van der Waals surface area contributed by atoms with E-state index >= 15 is 0 Å². The van der Waals surface area contributed by atoms with Crippen LogP contribution in [0.15, 0.2) is 36.4 Å². The minimum atomic E-state index is -0.0894. The van der Waals surface area contributed by atoms with Crippen LogP contribution in [-0.4, -0.2) is 52.0 Å². The Labute approximate surface area is 209 Å². The van der Waals surface area contributed by atoms with Gasteiger partial charge in [-0.2, -0.15) is 0 Å². The molecule has 1 aliphatic carbocycles. The Kier molecular flexibility index (Phi) is 4.99. The maximum Gasteiger partial charge on any atom is 0.151 e. The number of anilines is 1. The van der Waals surface area contributed by atoms with E-state index in [9.17, 15) is 4.39 Å². The second-order valence-corrected chi connectivity index (χ2v) is 11.3. The smallest absolute Gasteiger partial charge is 0.151 e.